The number of methoxy groups -OCH3 is 1. The minimum atomic E-state index is -0.411. The number of phenolic OH excluding ortho intramolecular Hbond substituents is 1. The summed E-state index contributed by atoms with van der Waals surface area (Å²) < 4.78 is 4.68. The summed E-state index contributed by atoms with van der Waals surface area (Å²) in [5.74, 6) is -0.261. The molecule has 2 rings (SSSR count). The maximum atomic E-state index is 11.5. The van der Waals surface area contributed by atoms with Gasteiger partial charge >= 0.3 is 5.97 Å². The first-order valence-corrected chi connectivity index (χ1v) is 6.16. The van der Waals surface area contributed by atoms with Gasteiger partial charge in [0.2, 0.25) is 0 Å². The molecule has 2 aromatic carbocycles. The van der Waals surface area contributed by atoms with Gasteiger partial charge in [-0.25, -0.2) is 4.79 Å². The van der Waals surface area contributed by atoms with E-state index < -0.39 is 5.97 Å². The predicted molar refractivity (Wildman–Crippen MR) is 74.3 cm³/mol. The van der Waals surface area contributed by atoms with E-state index in [4.69, 9.17) is 0 Å². The van der Waals surface area contributed by atoms with Crippen LogP contribution in [0.2, 0.25) is 0 Å². The molecule has 3 nitrogen and oxygen atoms in total. The van der Waals surface area contributed by atoms with E-state index in [1.165, 1.54) is 18.7 Å². The SMILES string of the molecule is CCc1ccc(-c2cc(C(=O)OC)ccc2O)cc1. The van der Waals surface area contributed by atoms with Gasteiger partial charge in [0.25, 0.3) is 0 Å². The van der Waals surface area contributed by atoms with E-state index in [1.54, 1.807) is 12.1 Å². The molecule has 0 heterocycles. The number of esters is 1. The molecule has 3 heteroatoms. The fraction of sp³-hybridized carbons (Fsp3) is 0.188. The molecule has 0 aliphatic carbocycles. The maximum Gasteiger partial charge on any atom is 0.337 e. The van der Waals surface area contributed by atoms with E-state index in [2.05, 4.69) is 11.7 Å². The van der Waals surface area contributed by atoms with Crippen molar-refractivity contribution < 1.29 is 14.6 Å². The minimum absolute atomic E-state index is 0.150. The Balaban J connectivity index is 2.44. The van der Waals surface area contributed by atoms with Crippen molar-refractivity contribution in [3.8, 4) is 16.9 Å². The third-order valence-corrected chi connectivity index (χ3v) is 3.09. The minimum Gasteiger partial charge on any atom is -0.507 e. The molecule has 0 unspecified atom stereocenters. The molecule has 0 aliphatic rings. The number of hydrogen-bond donors (Lipinski definition) is 1. The van der Waals surface area contributed by atoms with Gasteiger partial charge in [0, 0.05) is 5.56 Å². The first-order valence-electron chi connectivity index (χ1n) is 6.16. The lowest BCUT2D eigenvalue weighted by Crippen LogP contribution is -2.01. The van der Waals surface area contributed by atoms with Gasteiger partial charge in [0.05, 0.1) is 12.7 Å². The second kappa shape index (κ2) is 5.57. The summed E-state index contributed by atoms with van der Waals surface area (Å²) >= 11 is 0. The molecule has 19 heavy (non-hydrogen) atoms. The third-order valence-electron chi connectivity index (χ3n) is 3.09. The van der Waals surface area contributed by atoms with Crippen molar-refractivity contribution in [3.05, 3.63) is 53.6 Å². The molecule has 0 fully saturated rings. The van der Waals surface area contributed by atoms with Crippen LogP contribution in [0.3, 0.4) is 0 Å². The van der Waals surface area contributed by atoms with E-state index in [0.29, 0.717) is 11.1 Å². The van der Waals surface area contributed by atoms with Crippen LogP contribution in [0.4, 0.5) is 0 Å². The van der Waals surface area contributed by atoms with Crippen LogP contribution < -0.4 is 0 Å². The number of hydrogen-bond acceptors (Lipinski definition) is 3. The topological polar surface area (TPSA) is 46.5 Å². The van der Waals surface area contributed by atoms with Crippen molar-refractivity contribution in [3.63, 3.8) is 0 Å². The molecule has 0 saturated carbocycles. The fourth-order valence-electron chi connectivity index (χ4n) is 1.93. The number of ether oxygens (including phenoxy) is 1. The van der Waals surface area contributed by atoms with Gasteiger partial charge in [-0.05, 0) is 35.7 Å². The maximum absolute atomic E-state index is 11.5. The van der Waals surface area contributed by atoms with Crippen LogP contribution in [0.5, 0.6) is 5.75 Å². The summed E-state index contributed by atoms with van der Waals surface area (Å²) in [7, 11) is 1.34. The van der Waals surface area contributed by atoms with Crippen LogP contribution in [0.25, 0.3) is 11.1 Å². The molecular weight excluding hydrogens is 240 g/mol. The van der Waals surface area contributed by atoms with Crippen LogP contribution in [0.1, 0.15) is 22.8 Å². The van der Waals surface area contributed by atoms with Crippen molar-refractivity contribution in [2.75, 3.05) is 7.11 Å². The highest BCUT2D eigenvalue weighted by molar-refractivity contribution is 5.91. The van der Waals surface area contributed by atoms with Crippen LogP contribution in [-0.2, 0) is 11.2 Å². The lowest BCUT2D eigenvalue weighted by atomic mass is 10.00. The van der Waals surface area contributed by atoms with Gasteiger partial charge in [-0.15, -0.1) is 0 Å². The van der Waals surface area contributed by atoms with Gasteiger partial charge in [-0.1, -0.05) is 31.2 Å². The van der Waals surface area contributed by atoms with Gasteiger partial charge in [-0.3, -0.25) is 0 Å². The Morgan fingerprint density at radius 3 is 2.42 bits per heavy atom. The summed E-state index contributed by atoms with van der Waals surface area (Å²) in [4.78, 5) is 11.5. The highest BCUT2D eigenvalue weighted by atomic mass is 16.5. The number of aromatic hydroxyl groups is 1. The second-order valence-corrected chi connectivity index (χ2v) is 4.27. The lowest BCUT2D eigenvalue weighted by molar-refractivity contribution is 0.0601. The quantitative estimate of drug-likeness (QED) is 0.856. The van der Waals surface area contributed by atoms with Gasteiger partial charge in [0.15, 0.2) is 0 Å². The zero-order valence-electron chi connectivity index (χ0n) is 11.0. The zero-order chi connectivity index (χ0) is 13.8. The second-order valence-electron chi connectivity index (χ2n) is 4.27. The molecular formula is C16H16O3. The highest BCUT2D eigenvalue weighted by Gasteiger charge is 2.10. The van der Waals surface area contributed by atoms with Crippen molar-refractivity contribution >= 4 is 5.97 Å². The number of aryl methyl sites for hydroxylation is 1. The molecule has 98 valence electrons. The summed E-state index contributed by atoms with van der Waals surface area (Å²) in [6, 6.07) is 12.6. The Bertz CT molecular complexity index is 585. The lowest BCUT2D eigenvalue weighted by Gasteiger charge is -2.08. The number of rotatable bonds is 3. The average Bonchev–Trinajstić information content (AvgIpc) is 2.47. The molecule has 0 spiro atoms. The van der Waals surface area contributed by atoms with Crippen LogP contribution in [-0.4, -0.2) is 18.2 Å². The van der Waals surface area contributed by atoms with E-state index in [9.17, 15) is 9.90 Å². The standard InChI is InChI=1S/C16H16O3/c1-3-11-4-6-12(7-5-11)14-10-13(16(18)19-2)8-9-15(14)17/h4-10,17H,3H2,1-2H3. The molecule has 2 aromatic rings. The Kier molecular flexibility index (Phi) is 3.85. The zero-order valence-corrected chi connectivity index (χ0v) is 11.0. The van der Waals surface area contributed by atoms with Crippen molar-refractivity contribution in [2.45, 2.75) is 13.3 Å². The van der Waals surface area contributed by atoms with Gasteiger partial charge in [-0.2, -0.15) is 0 Å². The molecule has 0 bridgehead atoms. The van der Waals surface area contributed by atoms with E-state index >= 15 is 0 Å². The van der Waals surface area contributed by atoms with Gasteiger partial charge < -0.3 is 9.84 Å². The van der Waals surface area contributed by atoms with Crippen LogP contribution in [0.15, 0.2) is 42.5 Å². The monoisotopic (exact) mass is 256 g/mol. The third kappa shape index (κ3) is 2.76. The Hall–Kier alpha value is -2.29. The summed E-state index contributed by atoms with van der Waals surface area (Å²) in [5, 5.41) is 9.92. The largest absolute Gasteiger partial charge is 0.507 e. The summed E-state index contributed by atoms with van der Waals surface area (Å²) in [5.41, 5.74) is 3.16. The Morgan fingerprint density at radius 1 is 1.16 bits per heavy atom. The predicted octanol–water partition coefficient (Wildman–Crippen LogP) is 3.41. The summed E-state index contributed by atoms with van der Waals surface area (Å²) in [6.45, 7) is 2.09. The van der Waals surface area contributed by atoms with Crippen molar-refractivity contribution in [1.29, 1.82) is 0 Å². The molecule has 0 aromatic heterocycles. The number of carbonyl (C=O) groups excluding carboxylic acids is 1. The molecule has 0 saturated heterocycles. The summed E-state index contributed by atoms with van der Waals surface area (Å²) in [6.07, 6.45) is 0.967. The Labute approximate surface area is 112 Å². The fourth-order valence-corrected chi connectivity index (χ4v) is 1.93. The van der Waals surface area contributed by atoms with E-state index in [1.807, 2.05) is 24.3 Å². The van der Waals surface area contributed by atoms with Crippen LogP contribution in [0, 0.1) is 0 Å². The number of phenols is 1. The smallest absolute Gasteiger partial charge is 0.337 e. The first kappa shape index (κ1) is 13.1. The van der Waals surface area contributed by atoms with Crippen LogP contribution >= 0.6 is 0 Å². The molecule has 0 atom stereocenters. The van der Waals surface area contributed by atoms with E-state index in [-0.39, 0.29) is 5.75 Å². The average molecular weight is 256 g/mol. The normalized spacial score (nSPS) is 10.2. The van der Waals surface area contributed by atoms with E-state index in [0.717, 1.165) is 12.0 Å². The molecule has 1 N–H and O–H groups in total. The van der Waals surface area contributed by atoms with Crippen molar-refractivity contribution in [2.24, 2.45) is 0 Å². The number of carbonyl (C=O) groups is 1. The molecule has 0 radical (unpaired) electrons. The highest BCUT2D eigenvalue weighted by Crippen LogP contribution is 2.30. The number of benzene rings is 2. The first-order chi connectivity index (χ1) is 9.15. The van der Waals surface area contributed by atoms with Crippen molar-refractivity contribution in [1.82, 2.24) is 0 Å². The molecule has 0 amide bonds. The Morgan fingerprint density at radius 2 is 1.84 bits per heavy atom. The molecule has 0 aliphatic heterocycles. The van der Waals surface area contributed by atoms with Gasteiger partial charge in [0.1, 0.15) is 5.75 Å².